The van der Waals surface area contributed by atoms with Crippen LogP contribution >= 0.6 is 11.3 Å². The van der Waals surface area contributed by atoms with Crippen molar-refractivity contribution in [2.45, 2.75) is 72.8 Å². The van der Waals surface area contributed by atoms with E-state index >= 15 is 0 Å². The SMILES string of the molecule is CC.CCC.CCCN(C)C=N.O=Cc1cc2c(NC3CCC3)ccnc2s1. The number of hydrogen-bond acceptors (Lipinski definition) is 5. The highest BCUT2D eigenvalue weighted by molar-refractivity contribution is 7.20. The van der Waals surface area contributed by atoms with Crippen molar-refractivity contribution in [3.63, 3.8) is 0 Å². The second-order valence-electron chi connectivity index (χ2n) is 6.43. The van der Waals surface area contributed by atoms with Gasteiger partial charge in [0.15, 0.2) is 6.29 Å². The fourth-order valence-corrected chi connectivity index (χ4v) is 3.17. The Balaban J connectivity index is 0.000000514. The summed E-state index contributed by atoms with van der Waals surface area (Å²) >= 11 is 1.44. The number of fused-ring (bicyclic) bond motifs is 1. The number of nitrogens with one attached hydrogen (secondary N) is 2. The van der Waals surface area contributed by atoms with Crippen molar-refractivity contribution >= 4 is 39.9 Å². The van der Waals surface area contributed by atoms with Crippen LogP contribution in [0, 0.1) is 5.41 Å². The summed E-state index contributed by atoms with van der Waals surface area (Å²) in [4.78, 5) is 18.5. The molecular formula is C22H38N4OS. The van der Waals surface area contributed by atoms with E-state index in [1.807, 2.05) is 37.9 Å². The van der Waals surface area contributed by atoms with Gasteiger partial charge in [-0.25, -0.2) is 4.98 Å². The molecule has 0 aromatic carbocycles. The lowest BCUT2D eigenvalue weighted by molar-refractivity contribution is 0.112. The third-order valence-corrected chi connectivity index (χ3v) is 4.80. The third-order valence-electron chi connectivity index (χ3n) is 3.83. The van der Waals surface area contributed by atoms with Gasteiger partial charge in [0, 0.05) is 36.9 Å². The van der Waals surface area contributed by atoms with Gasteiger partial charge in [-0.3, -0.25) is 10.2 Å². The smallest absolute Gasteiger partial charge is 0.160 e. The van der Waals surface area contributed by atoms with Crippen molar-refractivity contribution in [1.29, 1.82) is 5.41 Å². The van der Waals surface area contributed by atoms with Crippen LogP contribution in [0.3, 0.4) is 0 Å². The fraction of sp³-hybridized carbons (Fsp3) is 0.591. The molecule has 2 aromatic heterocycles. The molecule has 1 aliphatic carbocycles. The maximum atomic E-state index is 10.7. The Morgan fingerprint density at radius 1 is 1.32 bits per heavy atom. The number of carbonyl (C=O) groups is 1. The molecule has 0 amide bonds. The molecule has 0 radical (unpaired) electrons. The molecule has 0 unspecified atom stereocenters. The van der Waals surface area contributed by atoms with Crippen molar-refractivity contribution < 1.29 is 4.79 Å². The predicted molar refractivity (Wildman–Crippen MR) is 125 cm³/mol. The number of nitrogens with zero attached hydrogens (tertiary/aromatic N) is 2. The van der Waals surface area contributed by atoms with Crippen LogP contribution in [-0.4, -0.2) is 42.1 Å². The van der Waals surface area contributed by atoms with Crippen LogP contribution in [0.1, 0.15) is 76.4 Å². The quantitative estimate of drug-likeness (QED) is 0.328. The van der Waals surface area contributed by atoms with Gasteiger partial charge in [0.05, 0.1) is 11.2 Å². The molecule has 2 heterocycles. The van der Waals surface area contributed by atoms with Crippen LogP contribution in [0.5, 0.6) is 0 Å². The molecule has 1 aliphatic rings. The molecule has 158 valence electrons. The Hall–Kier alpha value is -1.95. The van der Waals surface area contributed by atoms with Crippen molar-refractivity contribution in [1.82, 2.24) is 9.88 Å². The topological polar surface area (TPSA) is 69.1 Å². The average molecular weight is 407 g/mol. The Bertz CT molecular complexity index is 668. The normalized spacial score (nSPS) is 12.1. The van der Waals surface area contributed by atoms with E-state index in [0.29, 0.717) is 6.04 Å². The van der Waals surface area contributed by atoms with Crippen LogP contribution < -0.4 is 5.32 Å². The standard InChI is InChI=1S/C12H12N2OS.C5H12N2.C3H8.C2H6/c15-7-9-6-10-11(14-8-2-1-3-8)4-5-13-12(10)16-9;1-3-4-7(2)5-6;1-3-2;1-2/h4-8H,1-3H2,(H,13,14);5-6H,3-4H2,1-2H3;3H2,1-2H3;1-2H3. The fourth-order valence-electron chi connectivity index (χ4n) is 2.33. The summed E-state index contributed by atoms with van der Waals surface area (Å²) in [5.74, 6) is 0. The number of rotatable bonds is 6. The first-order valence-electron chi connectivity index (χ1n) is 10.4. The second-order valence-corrected chi connectivity index (χ2v) is 7.50. The molecule has 0 bridgehead atoms. The number of aromatic nitrogens is 1. The zero-order chi connectivity index (χ0) is 21.4. The van der Waals surface area contributed by atoms with E-state index < -0.39 is 0 Å². The highest BCUT2D eigenvalue weighted by Gasteiger charge is 2.18. The number of thiophene rings is 1. The van der Waals surface area contributed by atoms with Crippen LogP contribution in [0.4, 0.5) is 5.69 Å². The molecule has 5 nitrogen and oxygen atoms in total. The van der Waals surface area contributed by atoms with Crippen LogP contribution in [0.2, 0.25) is 0 Å². The predicted octanol–water partition coefficient (Wildman–Crippen LogP) is 6.45. The molecule has 28 heavy (non-hydrogen) atoms. The molecule has 0 atom stereocenters. The summed E-state index contributed by atoms with van der Waals surface area (Å²) in [5.41, 5.74) is 1.11. The molecule has 3 rings (SSSR count). The van der Waals surface area contributed by atoms with Crippen molar-refractivity contribution in [3.8, 4) is 0 Å². The van der Waals surface area contributed by atoms with Gasteiger partial charge in [0.1, 0.15) is 4.83 Å². The van der Waals surface area contributed by atoms with Crippen molar-refractivity contribution in [2.75, 3.05) is 18.9 Å². The average Bonchev–Trinajstić information content (AvgIpc) is 3.12. The van der Waals surface area contributed by atoms with Gasteiger partial charge >= 0.3 is 0 Å². The molecule has 6 heteroatoms. The zero-order valence-corrected chi connectivity index (χ0v) is 19.2. The molecule has 0 spiro atoms. The van der Waals surface area contributed by atoms with E-state index in [9.17, 15) is 4.79 Å². The summed E-state index contributed by atoms with van der Waals surface area (Å²) in [7, 11) is 1.90. The van der Waals surface area contributed by atoms with E-state index in [-0.39, 0.29) is 0 Å². The first-order chi connectivity index (χ1) is 13.6. The van der Waals surface area contributed by atoms with Gasteiger partial charge in [-0.05, 0) is 37.8 Å². The minimum atomic E-state index is 0.602. The summed E-state index contributed by atoms with van der Waals surface area (Å²) in [6.45, 7) is 11.3. The highest BCUT2D eigenvalue weighted by atomic mass is 32.1. The monoisotopic (exact) mass is 406 g/mol. The number of carbonyl (C=O) groups excluding carboxylic acids is 1. The Morgan fingerprint density at radius 3 is 2.39 bits per heavy atom. The summed E-state index contributed by atoms with van der Waals surface area (Å²) in [6.07, 6.45) is 10.2. The molecule has 0 aliphatic heterocycles. The van der Waals surface area contributed by atoms with E-state index in [0.717, 1.165) is 40.0 Å². The lowest BCUT2D eigenvalue weighted by atomic mass is 9.93. The van der Waals surface area contributed by atoms with Gasteiger partial charge < -0.3 is 10.2 Å². The highest BCUT2D eigenvalue weighted by Crippen LogP contribution is 2.31. The molecule has 2 N–H and O–H groups in total. The van der Waals surface area contributed by atoms with E-state index in [1.54, 1.807) is 6.20 Å². The van der Waals surface area contributed by atoms with Crippen LogP contribution in [-0.2, 0) is 0 Å². The summed E-state index contributed by atoms with van der Waals surface area (Å²) < 4.78 is 0. The first kappa shape index (κ1) is 26.1. The number of pyridine rings is 1. The number of aldehydes is 1. The summed E-state index contributed by atoms with van der Waals surface area (Å²) in [6, 6.07) is 4.51. The Kier molecular flexibility index (Phi) is 14.9. The van der Waals surface area contributed by atoms with Gasteiger partial charge in [0.2, 0.25) is 0 Å². The largest absolute Gasteiger partial charge is 0.382 e. The van der Waals surface area contributed by atoms with Gasteiger partial charge in [-0.1, -0.05) is 41.0 Å². The van der Waals surface area contributed by atoms with Gasteiger partial charge in [-0.15, -0.1) is 11.3 Å². The Morgan fingerprint density at radius 2 is 1.96 bits per heavy atom. The number of anilines is 1. The first-order valence-corrected chi connectivity index (χ1v) is 11.2. The van der Waals surface area contributed by atoms with E-state index in [2.05, 4.69) is 31.1 Å². The van der Waals surface area contributed by atoms with Crippen LogP contribution in [0.25, 0.3) is 10.2 Å². The minimum absolute atomic E-state index is 0.602. The van der Waals surface area contributed by atoms with E-state index in [4.69, 9.17) is 5.41 Å². The third kappa shape index (κ3) is 9.31. The maximum absolute atomic E-state index is 10.7. The zero-order valence-electron chi connectivity index (χ0n) is 18.4. The minimum Gasteiger partial charge on any atom is -0.382 e. The van der Waals surface area contributed by atoms with Gasteiger partial charge in [0.25, 0.3) is 0 Å². The molecule has 1 saturated carbocycles. The summed E-state index contributed by atoms with van der Waals surface area (Å²) in [5, 5.41) is 11.3. The molecular weight excluding hydrogens is 368 g/mol. The van der Waals surface area contributed by atoms with Crippen molar-refractivity contribution in [2.24, 2.45) is 0 Å². The Labute approximate surface area is 175 Å². The molecule has 2 aromatic rings. The molecule has 0 saturated heterocycles. The lowest BCUT2D eigenvalue weighted by Gasteiger charge is -2.27. The maximum Gasteiger partial charge on any atom is 0.160 e. The second kappa shape index (κ2) is 16.0. The lowest BCUT2D eigenvalue weighted by Crippen LogP contribution is -2.26. The number of hydrogen-bond donors (Lipinski definition) is 2. The van der Waals surface area contributed by atoms with Gasteiger partial charge in [-0.2, -0.15) is 0 Å². The molecule has 1 fully saturated rings. The van der Waals surface area contributed by atoms with Crippen molar-refractivity contribution in [3.05, 3.63) is 23.2 Å². The van der Waals surface area contributed by atoms with Crippen LogP contribution in [0.15, 0.2) is 18.3 Å². The van der Waals surface area contributed by atoms with E-state index in [1.165, 1.54) is 43.4 Å².